The third-order valence-corrected chi connectivity index (χ3v) is 6.07. The summed E-state index contributed by atoms with van der Waals surface area (Å²) in [5.74, 6) is -2.90. The Kier molecular flexibility index (Phi) is 4.46. The third-order valence-electron chi connectivity index (χ3n) is 5.70. The Morgan fingerprint density at radius 3 is 2.61 bits per heavy atom. The summed E-state index contributed by atoms with van der Waals surface area (Å²) in [5.41, 5.74) is -4.30. The molecule has 1 saturated carbocycles. The number of rotatable bonds is 3. The first-order valence-corrected chi connectivity index (χ1v) is 9.88. The molecule has 4 rings (SSSR count). The molecule has 1 saturated heterocycles. The molecule has 2 aliphatic rings. The summed E-state index contributed by atoms with van der Waals surface area (Å²) < 4.78 is 76.5. The van der Waals surface area contributed by atoms with Crippen LogP contribution in [-0.4, -0.2) is 34.4 Å². The highest BCUT2D eigenvalue weighted by molar-refractivity contribution is 7.81. The van der Waals surface area contributed by atoms with Gasteiger partial charge in [-0.15, -0.1) is 0 Å². The van der Waals surface area contributed by atoms with Gasteiger partial charge in [-0.2, -0.15) is 18.4 Å². The third kappa shape index (κ3) is 3.39. The maximum absolute atomic E-state index is 14.8. The van der Waals surface area contributed by atoms with Gasteiger partial charge in [-0.3, -0.25) is 14.5 Å². The molecule has 2 aromatic rings. The van der Waals surface area contributed by atoms with E-state index >= 15 is 0 Å². The second-order valence-corrected chi connectivity index (χ2v) is 7.83. The molecule has 1 aromatic carbocycles. The lowest BCUT2D eigenvalue weighted by Gasteiger charge is -2.43. The fourth-order valence-electron chi connectivity index (χ4n) is 3.98. The first-order chi connectivity index (χ1) is 16.7. The van der Waals surface area contributed by atoms with Crippen LogP contribution in [0.25, 0.3) is 0 Å². The van der Waals surface area contributed by atoms with Crippen LogP contribution in [0.3, 0.4) is 0 Å². The van der Waals surface area contributed by atoms with Crippen LogP contribution in [0.5, 0.6) is 0 Å². The van der Waals surface area contributed by atoms with Crippen molar-refractivity contribution < 1.29 is 31.3 Å². The van der Waals surface area contributed by atoms with Gasteiger partial charge in [-0.25, -0.2) is 9.37 Å². The Morgan fingerprint density at radius 1 is 1.33 bits per heavy atom. The molecule has 7 nitrogen and oxygen atoms in total. The molecule has 1 N–H and O–H groups in total. The molecule has 1 aliphatic carbocycles. The first kappa shape index (κ1) is 18.9. The number of amides is 2. The van der Waals surface area contributed by atoms with E-state index in [1.165, 1.54) is 17.0 Å². The number of carbonyl (C=O) groups excluding carboxylic acids is 2. The minimum absolute atomic E-state index is 0.0520. The van der Waals surface area contributed by atoms with E-state index in [0.29, 0.717) is 12.5 Å². The van der Waals surface area contributed by atoms with Crippen LogP contribution in [-0.2, 0) is 11.0 Å². The number of pyridine rings is 1. The number of nitrogens with one attached hydrogen (secondary N) is 1. The van der Waals surface area contributed by atoms with E-state index < -0.39 is 53.1 Å². The molecule has 1 aromatic heterocycles. The topological polar surface area (TPSA) is 89.3 Å². The highest BCUT2D eigenvalue weighted by atomic mass is 32.1. The van der Waals surface area contributed by atoms with E-state index in [4.69, 9.17) is 21.6 Å². The zero-order valence-electron chi connectivity index (χ0n) is 19.5. The zero-order valence-corrected chi connectivity index (χ0v) is 17.4. The number of carbonyl (C=O) groups is 2. The Balaban J connectivity index is 1.75. The number of aromatic nitrogens is 1. The Morgan fingerprint density at radius 2 is 2.06 bits per heavy atom. The van der Waals surface area contributed by atoms with Crippen LogP contribution < -0.4 is 15.1 Å². The predicted octanol–water partition coefficient (Wildman–Crippen LogP) is 3.53. The van der Waals surface area contributed by atoms with Crippen LogP contribution in [0.15, 0.2) is 30.5 Å². The van der Waals surface area contributed by atoms with Gasteiger partial charge in [0.1, 0.15) is 17.4 Å². The number of anilines is 2. The van der Waals surface area contributed by atoms with Crippen LogP contribution in [0.2, 0.25) is 0 Å². The summed E-state index contributed by atoms with van der Waals surface area (Å²) in [5, 5.41) is 10.4. The fraction of sp³-hybridized carbons (Fsp3) is 0.286. The molecule has 0 radical (unpaired) electrons. The smallest absolute Gasteiger partial charge is 0.355 e. The summed E-state index contributed by atoms with van der Waals surface area (Å²) in [6.45, 7) is -2.84. The summed E-state index contributed by atoms with van der Waals surface area (Å²) in [4.78, 5) is 31.2. The lowest BCUT2D eigenvalue weighted by Crippen LogP contribution is -2.55. The molecule has 0 unspecified atom stereocenters. The maximum Gasteiger partial charge on any atom is 0.419 e. The zero-order chi connectivity index (χ0) is 26.6. The number of alkyl halides is 3. The number of nitrogens with zero attached hydrogens (tertiary/aromatic N) is 4. The summed E-state index contributed by atoms with van der Waals surface area (Å²) >= 11 is 5.43. The van der Waals surface area contributed by atoms with Crippen LogP contribution >= 0.6 is 12.2 Å². The van der Waals surface area contributed by atoms with Gasteiger partial charge >= 0.3 is 6.18 Å². The summed E-state index contributed by atoms with van der Waals surface area (Å²) in [7, 11) is 0. The van der Waals surface area contributed by atoms with Gasteiger partial charge in [-0.05, 0) is 55.7 Å². The van der Waals surface area contributed by atoms with Gasteiger partial charge in [0, 0.05) is 16.8 Å². The van der Waals surface area contributed by atoms with Crippen molar-refractivity contribution in [2.24, 2.45) is 0 Å². The Hall–Kier alpha value is -3.59. The van der Waals surface area contributed by atoms with Crippen molar-refractivity contribution in [1.82, 2.24) is 10.3 Å². The lowest BCUT2D eigenvalue weighted by atomic mass is 9.75. The van der Waals surface area contributed by atoms with Crippen LogP contribution in [0.1, 0.15) is 45.0 Å². The normalized spacial score (nSPS) is 18.9. The van der Waals surface area contributed by atoms with Crippen molar-refractivity contribution in [2.45, 2.75) is 31.0 Å². The number of benzene rings is 1. The van der Waals surface area contributed by atoms with Crippen molar-refractivity contribution in [3.8, 4) is 6.07 Å². The fourth-order valence-corrected chi connectivity index (χ4v) is 4.45. The largest absolute Gasteiger partial charge is 0.419 e. The minimum atomic E-state index is -4.92. The molecule has 12 heteroatoms. The van der Waals surface area contributed by atoms with Gasteiger partial charge < -0.3 is 10.2 Å². The first-order valence-electron chi connectivity index (χ1n) is 11.0. The molecule has 2 fully saturated rings. The Bertz CT molecular complexity index is 1340. The Labute approximate surface area is 194 Å². The summed E-state index contributed by atoms with van der Waals surface area (Å²) in [6, 6.07) is 5.16. The monoisotopic (exact) mass is 481 g/mol. The SMILES string of the molecule is [2H][13C]([2H])([2H])NC(=O)c1ccc(N2C(=S)N(c3cnc(C#N)c(C(F)(F)F)c3)C(=O)C23CCC3)cc1F. The molecule has 0 bridgehead atoms. The van der Waals surface area contributed by atoms with E-state index in [2.05, 4.69) is 4.98 Å². The van der Waals surface area contributed by atoms with E-state index in [9.17, 15) is 27.2 Å². The number of thiocarbonyl (C=S) groups is 1. The van der Waals surface area contributed by atoms with Gasteiger partial charge in [0.05, 0.1) is 23.0 Å². The number of halogens is 4. The van der Waals surface area contributed by atoms with E-state index in [1.54, 1.807) is 5.32 Å². The molecule has 170 valence electrons. The molecular weight excluding hydrogens is 463 g/mol. The van der Waals surface area contributed by atoms with Gasteiger partial charge in [0.2, 0.25) is 0 Å². The number of hydrogen-bond acceptors (Lipinski definition) is 5. The predicted molar refractivity (Wildman–Crippen MR) is 113 cm³/mol. The molecule has 2 amide bonds. The number of nitriles is 1. The molecule has 33 heavy (non-hydrogen) atoms. The van der Waals surface area contributed by atoms with Crippen molar-refractivity contribution in [2.75, 3.05) is 16.8 Å². The summed E-state index contributed by atoms with van der Waals surface area (Å²) in [6.07, 6.45) is -2.83. The van der Waals surface area contributed by atoms with Gasteiger partial charge in [0.25, 0.3) is 11.8 Å². The maximum atomic E-state index is 14.8. The molecule has 2 heterocycles. The average Bonchev–Trinajstić information content (AvgIpc) is 2.98. The van der Waals surface area contributed by atoms with E-state index in [0.717, 1.165) is 23.2 Å². The van der Waals surface area contributed by atoms with Crippen molar-refractivity contribution >= 4 is 40.5 Å². The highest BCUT2D eigenvalue weighted by Gasteiger charge is 2.59. The lowest BCUT2D eigenvalue weighted by molar-refractivity contribution is -0.138. The van der Waals surface area contributed by atoms with Gasteiger partial charge in [0.15, 0.2) is 10.8 Å². The molecular formula is C21H15F4N5O2S. The molecule has 1 aliphatic heterocycles. The van der Waals surface area contributed by atoms with Gasteiger partial charge in [-0.1, -0.05) is 0 Å². The molecule has 1 spiro atoms. The minimum Gasteiger partial charge on any atom is -0.355 e. The standard InChI is InChI=1S/C21H15F4N5O2S/c1-27-17(31)13-4-3-11(8-15(13)22)30-19(33)29(18(32)20(30)5-2-6-20)12-7-14(21(23,24)25)16(9-26)28-10-12/h3-4,7-8,10H,2,5-6H2,1H3,(H,27,31)/i1+1D3. The number of hydrogen-bond donors (Lipinski definition) is 1. The van der Waals surface area contributed by atoms with E-state index in [-0.39, 0.29) is 29.3 Å². The molecule has 0 atom stereocenters. The average molecular weight is 481 g/mol. The van der Waals surface area contributed by atoms with Crippen molar-refractivity contribution in [1.29, 1.82) is 5.26 Å². The highest BCUT2D eigenvalue weighted by Crippen LogP contribution is 2.48. The van der Waals surface area contributed by atoms with E-state index in [1.807, 2.05) is 0 Å². The van der Waals surface area contributed by atoms with Crippen LogP contribution in [0.4, 0.5) is 28.9 Å². The quantitative estimate of drug-likeness (QED) is 0.410. The van der Waals surface area contributed by atoms with Crippen molar-refractivity contribution in [3.05, 3.63) is 53.1 Å². The van der Waals surface area contributed by atoms with Crippen LogP contribution in [0, 0.1) is 17.1 Å². The second-order valence-electron chi connectivity index (χ2n) is 7.46. The second kappa shape index (κ2) is 7.77. The van der Waals surface area contributed by atoms with Crippen molar-refractivity contribution in [3.63, 3.8) is 0 Å².